The van der Waals surface area contributed by atoms with E-state index in [1.807, 2.05) is 49.4 Å². The van der Waals surface area contributed by atoms with E-state index in [4.69, 9.17) is 4.74 Å². The molecule has 0 aliphatic rings. The predicted molar refractivity (Wildman–Crippen MR) is 125 cm³/mol. The number of carbonyl (C=O) groups is 1. The van der Waals surface area contributed by atoms with E-state index in [1.165, 1.54) is 5.56 Å². The van der Waals surface area contributed by atoms with Gasteiger partial charge in [-0.3, -0.25) is 4.79 Å². The quantitative estimate of drug-likeness (QED) is 0.227. The lowest BCUT2D eigenvalue weighted by atomic mass is 10.1. The number of aliphatic imine (C=N–C) groups is 1. The van der Waals surface area contributed by atoms with Crippen molar-refractivity contribution in [3.8, 4) is 5.75 Å². The van der Waals surface area contributed by atoms with Gasteiger partial charge in [0.15, 0.2) is 5.96 Å². The highest BCUT2D eigenvalue weighted by Crippen LogP contribution is 2.10. The van der Waals surface area contributed by atoms with Gasteiger partial charge in [-0.15, -0.1) is 24.0 Å². The van der Waals surface area contributed by atoms with E-state index in [-0.39, 0.29) is 29.9 Å². The lowest BCUT2D eigenvalue weighted by molar-refractivity contribution is 0.0963. The molecule has 6 nitrogen and oxygen atoms in total. The zero-order valence-electron chi connectivity index (χ0n) is 16.6. The Hall–Kier alpha value is -2.29. The number of nitrogens with zero attached hydrogens (tertiary/aromatic N) is 1. The van der Waals surface area contributed by atoms with Gasteiger partial charge in [-0.25, -0.2) is 4.99 Å². The van der Waals surface area contributed by atoms with Crippen LogP contribution in [0.15, 0.2) is 53.5 Å². The molecule has 2 aromatic rings. The molecule has 28 heavy (non-hydrogen) atoms. The number of amides is 1. The van der Waals surface area contributed by atoms with Crippen molar-refractivity contribution in [3.63, 3.8) is 0 Å². The van der Waals surface area contributed by atoms with E-state index < -0.39 is 0 Å². The standard InChI is InChI=1S/C21H28N4O2.HI/c1-4-23-21(24-12-13-27-19-10-8-16(2)9-11-19)25-15-17-6-5-7-18(14-17)20(26)22-3;/h5-11,14H,4,12-13,15H2,1-3H3,(H,22,26)(H2,23,24,25);1H. The van der Waals surface area contributed by atoms with Crippen LogP contribution in [-0.2, 0) is 6.54 Å². The van der Waals surface area contributed by atoms with E-state index in [0.717, 1.165) is 23.8 Å². The third-order valence-corrected chi connectivity index (χ3v) is 3.86. The number of hydrogen-bond acceptors (Lipinski definition) is 3. The third-order valence-electron chi connectivity index (χ3n) is 3.86. The first-order valence-electron chi connectivity index (χ1n) is 9.15. The average molecular weight is 496 g/mol. The van der Waals surface area contributed by atoms with Gasteiger partial charge < -0.3 is 20.7 Å². The minimum absolute atomic E-state index is 0. The molecule has 0 bridgehead atoms. The van der Waals surface area contributed by atoms with Crippen molar-refractivity contribution >= 4 is 35.8 Å². The van der Waals surface area contributed by atoms with Crippen LogP contribution in [0.4, 0.5) is 0 Å². The molecule has 0 aliphatic heterocycles. The van der Waals surface area contributed by atoms with Crippen molar-refractivity contribution in [2.24, 2.45) is 4.99 Å². The molecule has 0 atom stereocenters. The average Bonchev–Trinajstić information content (AvgIpc) is 2.70. The molecule has 0 spiro atoms. The summed E-state index contributed by atoms with van der Waals surface area (Å²) in [6.45, 7) is 6.50. The maximum Gasteiger partial charge on any atom is 0.251 e. The second-order valence-electron chi connectivity index (χ2n) is 6.06. The van der Waals surface area contributed by atoms with Crippen LogP contribution in [0.2, 0.25) is 0 Å². The number of benzene rings is 2. The Balaban J connectivity index is 0.00000392. The van der Waals surface area contributed by atoms with E-state index in [1.54, 1.807) is 13.1 Å². The largest absolute Gasteiger partial charge is 0.492 e. The number of aryl methyl sites for hydroxylation is 1. The summed E-state index contributed by atoms with van der Waals surface area (Å²) in [5.41, 5.74) is 2.82. The fourth-order valence-corrected chi connectivity index (χ4v) is 2.44. The Morgan fingerprint density at radius 1 is 1.11 bits per heavy atom. The molecular weight excluding hydrogens is 467 g/mol. The van der Waals surface area contributed by atoms with Gasteiger partial charge in [-0.05, 0) is 43.7 Å². The Kier molecular flexibility index (Phi) is 11.0. The maximum absolute atomic E-state index is 11.7. The minimum atomic E-state index is -0.0980. The Morgan fingerprint density at radius 3 is 2.54 bits per heavy atom. The van der Waals surface area contributed by atoms with Crippen molar-refractivity contribution in [1.29, 1.82) is 0 Å². The Bertz CT molecular complexity index is 763. The molecule has 152 valence electrons. The molecule has 0 aliphatic carbocycles. The minimum Gasteiger partial charge on any atom is -0.492 e. The van der Waals surface area contributed by atoms with Crippen LogP contribution in [-0.4, -0.2) is 38.6 Å². The molecule has 0 fully saturated rings. The first-order chi connectivity index (χ1) is 13.1. The summed E-state index contributed by atoms with van der Waals surface area (Å²) in [4.78, 5) is 16.3. The molecule has 0 radical (unpaired) electrons. The van der Waals surface area contributed by atoms with Crippen LogP contribution < -0.4 is 20.7 Å². The van der Waals surface area contributed by atoms with Gasteiger partial charge in [-0.2, -0.15) is 0 Å². The number of guanidine groups is 1. The molecule has 0 aromatic heterocycles. The van der Waals surface area contributed by atoms with Gasteiger partial charge in [0.2, 0.25) is 0 Å². The zero-order valence-corrected chi connectivity index (χ0v) is 18.9. The fourth-order valence-electron chi connectivity index (χ4n) is 2.44. The Morgan fingerprint density at radius 2 is 1.86 bits per heavy atom. The van der Waals surface area contributed by atoms with Crippen molar-refractivity contribution in [2.45, 2.75) is 20.4 Å². The number of halogens is 1. The Labute approximate surface area is 184 Å². The van der Waals surface area contributed by atoms with E-state index in [9.17, 15) is 4.79 Å². The number of nitrogens with one attached hydrogen (secondary N) is 3. The molecule has 3 N–H and O–H groups in total. The van der Waals surface area contributed by atoms with Gasteiger partial charge in [0.1, 0.15) is 12.4 Å². The smallest absolute Gasteiger partial charge is 0.251 e. The number of ether oxygens (including phenoxy) is 1. The van der Waals surface area contributed by atoms with Crippen LogP contribution in [0.3, 0.4) is 0 Å². The van der Waals surface area contributed by atoms with Crippen LogP contribution >= 0.6 is 24.0 Å². The fraction of sp³-hybridized carbons (Fsp3) is 0.333. The summed E-state index contributed by atoms with van der Waals surface area (Å²) in [5, 5.41) is 9.10. The van der Waals surface area contributed by atoms with Crippen LogP contribution in [0, 0.1) is 6.92 Å². The topological polar surface area (TPSA) is 74.8 Å². The lowest BCUT2D eigenvalue weighted by Gasteiger charge is -2.12. The summed E-state index contributed by atoms with van der Waals surface area (Å²) in [7, 11) is 1.62. The van der Waals surface area contributed by atoms with Crippen molar-refractivity contribution in [1.82, 2.24) is 16.0 Å². The third kappa shape index (κ3) is 8.16. The molecule has 0 heterocycles. The highest BCUT2D eigenvalue weighted by molar-refractivity contribution is 14.0. The molecule has 7 heteroatoms. The van der Waals surface area contributed by atoms with E-state index in [2.05, 4.69) is 27.9 Å². The molecule has 2 rings (SSSR count). The summed E-state index contributed by atoms with van der Waals surface area (Å²) in [6, 6.07) is 15.5. The maximum atomic E-state index is 11.7. The highest BCUT2D eigenvalue weighted by atomic mass is 127. The van der Waals surface area contributed by atoms with Gasteiger partial charge in [0, 0.05) is 19.2 Å². The summed E-state index contributed by atoms with van der Waals surface area (Å²) in [6.07, 6.45) is 0. The summed E-state index contributed by atoms with van der Waals surface area (Å²) >= 11 is 0. The van der Waals surface area contributed by atoms with E-state index in [0.29, 0.717) is 25.3 Å². The first kappa shape index (κ1) is 23.7. The molecular formula is C21H29IN4O2. The second-order valence-corrected chi connectivity index (χ2v) is 6.06. The molecule has 0 saturated carbocycles. The number of carbonyl (C=O) groups excluding carboxylic acids is 1. The van der Waals surface area contributed by atoms with E-state index >= 15 is 0 Å². The van der Waals surface area contributed by atoms with Crippen molar-refractivity contribution < 1.29 is 9.53 Å². The van der Waals surface area contributed by atoms with Crippen molar-refractivity contribution in [2.75, 3.05) is 26.7 Å². The summed E-state index contributed by atoms with van der Waals surface area (Å²) < 4.78 is 5.72. The van der Waals surface area contributed by atoms with Gasteiger partial charge in [-0.1, -0.05) is 29.8 Å². The monoisotopic (exact) mass is 496 g/mol. The molecule has 0 unspecified atom stereocenters. The molecule has 2 aromatic carbocycles. The summed E-state index contributed by atoms with van der Waals surface area (Å²) in [5.74, 6) is 1.48. The highest BCUT2D eigenvalue weighted by Gasteiger charge is 2.04. The predicted octanol–water partition coefficient (Wildman–Crippen LogP) is 3.11. The first-order valence-corrected chi connectivity index (χ1v) is 9.15. The number of rotatable bonds is 8. The van der Waals surface area contributed by atoms with Gasteiger partial charge in [0.05, 0.1) is 13.1 Å². The van der Waals surface area contributed by atoms with Crippen LogP contribution in [0.5, 0.6) is 5.75 Å². The van der Waals surface area contributed by atoms with Crippen molar-refractivity contribution in [3.05, 3.63) is 65.2 Å². The second kappa shape index (κ2) is 13.0. The molecule has 0 saturated heterocycles. The van der Waals surface area contributed by atoms with Crippen LogP contribution in [0.25, 0.3) is 0 Å². The normalized spacial score (nSPS) is 10.6. The van der Waals surface area contributed by atoms with Crippen LogP contribution in [0.1, 0.15) is 28.4 Å². The lowest BCUT2D eigenvalue weighted by Crippen LogP contribution is -2.39. The van der Waals surface area contributed by atoms with Gasteiger partial charge >= 0.3 is 0 Å². The van der Waals surface area contributed by atoms with Gasteiger partial charge in [0.25, 0.3) is 5.91 Å². The number of hydrogen-bond donors (Lipinski definition) is 3. The molecule has 1 amide bonds. The SMILES string of the molecule is CCNC(=NCc1cccc(C(=O)NC)c1)NCCOc1ccc(C)cc1.I. The zero-order chi connectivity index (χ0) is 19.5.